The van der Waals surface area contributed by atoms with E-state index in [0.29, 0.717) is 24.1 Å². The molecule has 0 unspecified atom stereocenters. The number of rotatable bonds is 4. The van der Waals surface area contributed by atoms with E-state index in [4.69, 9.17) is 16.7 Å². The molecule has 4 nitrogen and oxygen atoms in total. The Morgan fingerprint density at radius 3 is 3.00 bits per heavy atom. The summed E-state index contributed by atoms with van der Waals surface area (Å²) in [4.78, 5) is 8.58. The van der Waals surface area contributed by atoms with Gasteiger partial charge in [0, 0.05) is 18.7 Å². The van der Waals surface area contributed by atoms with Gasteiger partial charge in [0.15, 0.2) is 0 Å². The quantitative estimate of drug-likeness (QED) is 0.603. The lowest BCUT2D eigenvalue weighted by Crippen LogP contribution is -2.08. The van der Waals surface area contributed by atoms with E-state index in [-0.39, 0.29) is 6.61 Å². The van der Waals surface area contributed by atoms with Crippen molar-refractivity contribution < 1.29 is 5.11 Å². The van der Waals surface area contributed by atoms with Crippen LogP contribution in [0.15, 0.2) is 0 Å². The van der Waals surface area contributed by atoms with Crippen molar-refractivity contribution >= 4 is 17.5 Å². The first kappa shape index (κ1) is 10.6. The Balaban J connectivity index is 2.09. The zero-order valence-corrected chi connectivity index (χ0v) is 9.22. The third-order valence-electron chi connectivity index (χ3n) is 2.50. The molecule has 0 saturated heterocycles. The fourth-order valence-corrected chi connectivity index (χ4v) is 2.03. The molecule has 15 heavy (non-hydrogen) atoms. The van der Waals surface area contributed by atoms with Gasteiger partial charge in [0.05, 0.1) is 5.69 Å². The normalized spacial score (nSPS) is 14.0. The molecule has 0 saturated carbocycles. The van der Waals surface area contributed by atoms with Crippen molar-refractivity contribution in [1.29, 1.82) is 0 Å². The molecular formula is C10H14ClN3O. The summed E-state index contributed by atoms with van der Waals surface area (Å²) in [7, 11) is 0. The van der Waals surface area contributed by atoms with Crippen molar-refractivity contribution in [3.63, 3.8) is 0 Å². The molecular weight excluding hydrogens is 214 g/mol. The van der Waals surface area contributed by atoms with E-state index in [2.05, 4.69) is 15.3 Å². The highest BCUT2D eigenvalue weighted by atomic mass is 35.5. The maximum atomic E-state index is 8.65. The topological polar surface area (TPSA) is 58.0 Å². The van der Waals surface area contributed by atoms with Gasteiger partial charge in [-0.15, -0.1) is 0 Å². The van der Waals surface area contributed by atoms with E-state index in [1.165, 1.54) is 0 Å². The third-order valence-corrected chi connectivity index (χ3v) is 2.81. The number of halogens is 1. The molecule has 2 rings (SSSR count). The molecule has 2 N–H and O–H groups in total. The van der Waals surface area contributed by atoms with Crippen LogP contribution >= 0.6 is 11.6 Å². The van der Waals surface area contributed by atoms with Crippen LogP contribution in [-0.2, 0) is 12.8 Å². The van der Waals surface area contributed by atoms with Crippen molar-refractivity contribution in [3.05, 3.63) is 16.4 Å². The van der Waals surface area contributed by atoms with Crippen LogP contribution in [0, 0.1) is 0 Å². The van der Waals surface area contributed by atoms with Crippen molar-refractivity contribution in [2.45, 2.75) is 25.7 Å². The van der Waals surface area contributed by atoms with Gasteiger partial charge in [-0.2, -0.15) is 0 Å². The van der Waals surface area contributed by atoms with Crippen LogP contribution in [0.3, 0.4) is 0 Å². The number of aromatic nitrogens is 2. The minimum Gasteiger partial charge on any atom is -0.396 e. The maximum absolute atomic E-state index is 8.65. The molecule has 0 amide bonds. The molecule has 0 bridgehead atoms. The van der Waals surface area contributed by atoms with Crippen molar-refractivity contribution in [1.82, 2.24) is 9.97 Å². The summed E-state index contributed by atoms with van der Waals surface area (Å²) in [5, 5.41) is 12.3. The fraction of sp³-hybridized carbons (Fsp3) is 0.600. The van der Waals surface area contributed by atoms with Gasteiger partial charge in [0.25, 0.3) is 0 Å². The molecule has 1 aromatic heterocycles. The Bertz CT molecular complexity index is 357. The lowest BCUT2D eigenvalue weighted by Gasteiger charge is -2.06. The highest BCUT2D eigenvalue weighted by Gasteiger charge is 2.17. The summed E-state index contributed by atoms with van der Waals surface area (Å²) >= 11 is 6.05. The number of aliphatic hydroxyl groups is 1. The van der Waals surface area contributed by atoms with Crippen molar-refractivity contribution in [3.8, 4) is 0 Å². The monoisotopic (exact) mass is 227 g/mol. The van der Waals surface area contributed by atoms with E-state index >= 15 is 0 Å². The standard InChI is InChI=1S/C10H14ClN3O/c11-9-7-3-1-4-8(7)13-10(14-9)12-5-2-6-15/h15H,1-6H2,(H,12,13,14). The number of anilines is 1. The molecule has 0 atom stereocenters. The Morgan fingerprint density at radius 2 is 2.20 bits per heavy atom. The van der Waals surface area contributed by atoms with Gasteiger partial charge in [0.2, 0.25) is 5.95 Å². The number of hydrogen-bond donors (Lipinski definition) is 2. The summed E-state index contributed by atoms with van der Waals surface area (Å²) in [5.74, 6) is 0.578. The zero-order chi connectivity index (χ0) is 10.7. The smallest absolute Gasteiger partial charge is 0.224 e. The molecule has 1 heterocycles. The third kappa shape index (κ3) is 2.38. The Kier molecular flexibility index (Phi) is 3.38. The van der Waals surface area contributed by atoms with Gasteiger partial charge in [0.1, 0.15) is 5.15 Å². The van der Waals surface area contributed by atoms with E-state index < -0.39 is 0 Å². The average Bonchev–Trinajstić information content (AvgIpc) is 2.66. The first-order valence-electron chi connectivity index (χ1n) is 5.21. The number of nitrogens with zero attached hydrogens (tertiary/aromatic N) is 2. The highest BCUT2D eigenvalue weighted by molar-refractivity contribution is 6.30. The average molecular weight is 228 g/mol. The fourth-order valence-electron chi connectivity index (χ4n) is 1.74. The van der Waals surface area contributed by atoms with Gasteiger partial charge in [-0.05, 0) is 25.7 Å². The van der Waals surface area contributed by atoms with Gasteiger partial charge in [-0.1, -0.05) is 11.6 Å². The summed E-state index contributed by atoms with van der Waals surface area (Å²) in [6.45, 7) is 0.845. The molecule has 0 fully saturated rings. The second-order valence-electron chi connectivity index (χ2n) is 3.62. The number of fused-ring (bicyclic) bond motifs is 1. The predicted molar refractivity (Wildman–Crippen MR) is 59.3 cm³/mol. The Morgan fingerprint density at radius 1 is 1.33 bits per heavy atom. The summed E-state index contributed by atoms with van der Waals surface area (Å²) < 4.78 is 0. The minimum absolute atomic E-state index is 0.172. The van der Waals surface area contributed by atoms with Crippen LogP contribution in [0.25, 0.3) is 0 Å². The van der Waals surface area contributed by atoms with Crippen molar-refractivity contribution in [2.24, 2.45) is 0 Å². The van der Waals surface area contributed by atoms with Crippen molar-refractivity contribution in [2.75, 3.05) is 18.5 Å². The molecule has 0 aliphatic heterocycles. The Hall–Kier alpha value is -0.870. The molecule has 0 radical (unpaired) electrons. The van der Waals surface area contributed by atoms with Crippen LogP contribution in [0.2, 0.25) is 5.15 Å². The summed E-state index contributed by atoms with van der Waals surface area (Å²) in [5.41, 5.74) is 2.17. The lowest BCUT2D eigenvalue weighted by molar-refractivity contribution is 0.292. The van der Waals surface area contributed by atoms with E-state index in [9.17, 15) is 0 Å². The van der Waals surface area contributed by atoms with Crippen LogP contribution in [0.1, 0.15) is 24.1 Å². The number of hydrogen-bond acceptors (Lipinski definition) is 4. The molecule has 1 aliphatic carbocycles. The lowest BCUT2D eigenvalue weighted by atomic mass is 10.3. The second kappa shape index (κ2) is 4.77. The van der Waals surface area contributed by atoms with Gasteiger partial charge < -0.3 is 10.4 Å². The molecule has 0 spiro atoms. The minimum atomic E-state index is 0.172. The van der Waals surface area contributed by atoms with Crippen LogP contribution in [0.4, 0.5) is 5.95 Å². The van der Waals surface area contributed by atoms with Gasteiger partial charge >= 0.3 is 0 Å². The first-order chi connectivity index (χ1) is 7.31. The molecule has 0 aromatic carbocycles. The molecule has 5 heteroatoms. The molecule has 82 valence electrons. The highest BCUT2D eigenvalue weighted by Crippen LogP contribution is 2.26. The number of aryl methyl sites for hydroxylation is 1. The zero-order valence-electron chi connectivity index (χ0n) is 8.46. The van der Waals surface area contributed by atoms with E-state index in [1.54, 1.807) is 0 Å². The van der Waals surface area contributed by atoms with Gasteiger partial charge in [-0.3, -0.25) is 0 Å². The van der Waals surface area contributed by atoms with E-state index in [1.807, 2.05) is 0 Å². The summed E-state index contributed by atoms with van der Waals surface area (Å²) in [6.07, 6.45) is 3.79. The van der Waals surface area contributed by atoms with Crippen LogP contribution in [0.5, 0.6) is 0 Å². The largest absolute Gasteiger partial charge is 0.396 e. The van der Waals surface area contributed by atoms with Crippen LogP contribution in [-0.4, -0.2) is 28.2 Å². The maximum Gasteiger partial charge on any atom is 0.224 e. The van der Waals surface area contributed by atoms with Crippen LogP contribution < -0.4 is 5.32 Å². The SMILES string of the molecule is OCCCNc1nc(Cl)c2c(n1)CCC2. The number of nitrogens with one attached hydrogen (secondary N) is 1. The molecule has 1 aliphatic rings. The van der Waals surface area contributed by atoms with E-state index in [0.717, 1.165) is 30.5 Å². The second-order valence-corrected chi connectivity index (χ2v) is 3.98. The molecule has 1 aromatic rings. The first-order valence-corrected chi connectivity index (χ1v) is 5.59. The number of aliphatic hydroxyl groups excluding tert-OH is 1. The predicted octanol–water partition coefficient (Wildman–Crippen LogP) is 1.41. The summed E-state index contributed by atoms with van der Waals surface area (Å²) in [6, 6.07) is 0. The van der Waals surface area contributed by atoms with Gasteiger partial charge in [-0.25, -0.2) is 9.97 Å². The Labute approximate surface area is 93.7 Å².